The van der Waals surface area contributed by atoms with Crippen LogP contribution in [0.4, 0.5) is 5.69 Å². The first-order valence-corrected chi connectivity index (χ1v) is 14.9. The van der Waals surface area contributed by atoms with Crippen LogP contribution in [0.3, 0.4) is 0 Å². The molecule has 0 saturated heterocycles. The molecule has 216 valence electrons. The predicted octanol–water partition coefficient (Wildman–Crippen LogP) is 8.00. The first-order chi connectivity index (χ1) is 21.5. The van der Waals surface area contributed by atoms with Crippen LogP contribution >= 0.6 is 0 Å². The summed E-state index contributed by atoms with van der Waals surface area (Å²) in [6.07, 6.45) is 3.87. The van der Waals surface area contributed by atoms with Gasteiger partial charge in [-0.2, -0.15) is 10.2 Å². The Bertz CT molecular complexity index is 1980. The van der Waals surface area contributed by atoms with Gasteiger partial charge in [0.05, 0.1) is 23.1 Å². The Morgan fingerprint density at radius 3 is 1.82 bits per heavy atom. The molecule has 3 heterocycles. The third-order valence-corrected chi connectivity index (χ3v) is 8.65. The van der Waals surface area contributed by atoms with E-state index in [2.05, 4.69) is 144 Å². The van der Waals surface area contributed by atoms with Gasteiger partial charge in [-0.3, -0.25) is 4.68 Å². The summed E-state index contributed by atoms with van der Waals surface area (Å²) in [5.41, 5.74) is 11.3. The zero-order chi connectivity index (χ0) is 30.3. The van der Waals surface area contributed by atoms with Gasteiger partial charge in [-0.15, -0.1) is 0 Å². The molecule has 0 spiro atoms. The molecular weight excluding hydrogens is 540 g/mol. The van der Waals surface area contributed by atoms with Crippen molar-refractivity contribution in [3.05, 3.63) is 155 Å². The molecule has 0 aliphatic heterocycles. The molecule has 0 saturated carbocycles. The Labute approximate surface area is 257 Å². The van der Waals surface area contributed by atoms with Crippen molar-refractivity contribution in [1.82, 2.24) is 24.5 Å². The molecule has 0 aliphatic carbocycles. The number of benzene rings is 4. The van der Waals surface area contributed by atoms with E-state index in [1.54, 1.807) is 0 Å². The number of aryl methyl sites for hydroxylation is 2. The Hall–Kier alpha value is -5.49. The lowest BCUT2D eigenvalue weighted by molar-refractivity contribution is 0.477. The average Bonchev–Trinajstić information content (AvgIpc) is 3.67. The normalized spacial score (nSPS) is 11.6. The number of rotatable bonds is 7. The van der Waals surface area contributed by atoms with Crippen molar-refractivity contribution >= 4 is 16.7 Å². The summed E-state index contributed by atoms with van der Waals surface area (Å²) in [6, 6.07) is 40.5. The number of nitrogens with zero attached hydrogens (tertiary/aromatic N) is 5. The maximum absolute atomic E-state index is 5.50. The third kappa shape index (κ3) is 4.30. The molecule has 7 aromatic rings. The van der Waals surface area contributed by atoms with Crippen molar-refractivity contribution in [3.8, 4) is 22.5 Å². The van der Waals surface area contributed by atoms with E-state index in [0.29, 0.717) is 0 Å². The lowest BCUT2D eigenvalue weighted by atomic mass is 9.77. The summed E-state index contributed by atoms with van der Waals surface area (Å²) in [5.74, 6) is 0. The second kappa shape index (κ2) is 11.0. The fourth-order valence-electron chi connectivity index (χ4n) is 6.34. The summed E-state index contributed by atoms with van der Waals surface area (Å²) >= 11 is 0. The van der Waals surface area contributed by atoms with Crippen molar-refractivity contribution in [2.24, 2.45) is 7.05 Å². The minimum atomic E-state index is -0.796. The van der Waals surface area contributed by atoms with Gasteiger partial charge in [-0.25, -0.2) is 9.67 Å². The van der Waals surface area contributed by atoms with Crippen LogP contribution < -0.4 is 5.32 Å². The van der Waals surface area contributed by atoms with Gasteiger partial charge < -0.3 is 5.32 Å². The van der Waals surface area contributed by atoms with E-state index in [1.165, 1.54) is 11.1 Å². The van der Waals surface area contributed by atoms with Gasteiger partial charge in [0, 0.05) is 31.4 Å². The number of nitrogens with one attached hydrogen (secondary N) is 1. The highest BCUT2D eigenvalue weighted by atomic mass is 15.3. The van der Waals surface area contributed by atoms with E-state index >= 15 is 0 Å². The van der Waals surface area contributed by atoms with Crippen LogP contribution in [0.2, 0.25) is 0 Å². The molecule has 0 unspecified atom stereocenters. The van der Waals surface area contributed by atoms with Crippen LogP contribution in [0.15, 0.2) is 128 Å². The van der Waals surface area contributed by atoms with Crippen molar-refractivity contribution in [2.45, 2.75) is 19.4 Å². The fourth-order valence-corrected chi connectivity index (χ4v) is 6.34. The van der Waals surface area contributed by atoms with E-state index in [-0.39, 0.29) is 0 Å². The summed E-state index contributed by atoms with van der Waals surface area (Å²) < 4.78 is 3.98. The molecule has 6 nitrogen and oxygen atoms in total. The van der Waals surface area contributed by atoms with Crippen molar-refractivity contribution in [1.29, 1.82) is 0 Å². The van der Waals surface area contributed by atoms with E-state index in [0.717, 1.165) is 55.9 Å². The number of hydrogen-bond donors (Lipinski definition) is 1. The molecule has 0 radical (unpaired) electrons. The second-order valence-corrected chi connectivity index (χ2v) is 11.2. The smallest absolute Gasteiger partial charge is 0.138 e. The Kier molecular flexibility index (Phi) is 6.82. The van der Waals surface area contributed by atoms with Crippen LogP contribution in [0, 0.1) is 13.8 Å². The Morgan fingerprint density at radius 1 is 0.705 bits per heavy atom. The average molecular weight is 575 g/mol. The molecule has 3 aromatic heterocycles. The number of hydrogen-bond acceptors (Lipinski definition) is 4. The van der Waals surface area contributed by atoms with Gasteiger partial charge in [0.1, 0.15) is 16.7 Å². The Morgan fingerprint density at radius 2 is 1.30 bits per heavy atom. The second-order valence-electron chi connectivity index (χ2n) is 11.2. The summed E-state index contributed by atoms with van der Waals surface area (Å²) in [6.45, 7) is 4.30. The van der Waals surface area contributed by atoms with Crippen molar-refractivity contribution in [2.75, 3.05) is 12.4 Å². The molecule has 0 fully saturated rings. The quantitative estimate of drug-likeness (QED) is 0.196. The van der Waals surface area contributed by atoms with Gasteiger partial charge >= 0.3 is 0 Å². The minimum Gasteiger partial charge on any atom is -0.386 e. The summed E-state index contributed by atoms with van der Waals surface area (Å²) in [4.78, 5) is 5.44. The molecule has 44 heavy (non-hydrogen) atoms. The Balaban J connectivity index is 1.66. The fraction of sp³-hybridized carbons (Fsp3) is 0.132. The largest absolute Gasteiger partial charge is 0.386 e. The van der Waals surface area contributed by atoms with Crippen LogP contribution in [0.25, 0.3) is 33.5 Å². The van der Waals surface area contributed by atoms with E-state index in [1.807, 2.05) is 31.2 Å². The van der Waals surface area contributed by atoms with Crippen molar-refractivity contribution < 1.29 is 0 Å². The SMILES string of the molecule is CNc1cc2c(nc1-c1cccc(C)c1C)c(-c1cnn(C)c1)nn2C(c1ccccc1)(c1ccccc1)c1ccccc1. The molecule has 1 N–H and O–H groups in total. The minimum absolute atomic E-state index is 0.787. The third-order valence-electron chi connectivity index (χ3n) is 8.65. The van der Waals surface area contributed by atoms with Gasteiger partial charge in [0.25, 0.3) is 0 Å². The van der Waals surface area contributed by atoms with Gasteiger partial charge in [-0.1, -0.05) is 109 Å². The maximum atomic E-state index is 5.50. The van der Waals surface area contributed by atoms with Crippen molar-refractivity contribution in [3.63, 3.8) is 0 Å². The monoisotopic (exact) mass is 574 g/mol. The van der Waals surface area contributed by atoms with Crippen LogP contribution in [0.5, 0.6) is 0 Å². The standard InChI is InChI=1S/C38H34N6/c1-26-15-14-22-32(27(26)2)36-33(39-3)23-34-37(41-36)35(28-24-40-43(4)25-28)42-44(34)38(29-16-8-5-9-17-29,30-18-10-6-11-19-30)31-20-12-7-13-21-31/h5-25,39H,1-4H3. The molecule has 6 heteroatoms. The van der Waals surface area contributed by atoms with Crippen LogP contribution in [-0.4, -0.2) is 31.6 Å². The van der Waals surface area contributed by atoms with Crippen LogP contribution in [-0.2, 0) is 12.6 Å². The number of pyridine rings is 1. The number of aromatic nitrogens is 5. The number of anilines is 1. The van der Waals surface area contributed by atoms with Gasteiger partial charge in [0.2, 0.25) is 0 Å². The molecule has 0 atom stereocenters. The summed E-state index contributed by atoms with van der Waals surface area (Å²) in [7, 11) is 3.89. The lowest BCUT2D eigenvalue weighted by Gasteiger charge is -2.37. The van der Waals surface area contributed by atoms with Gasteiger partial charge in [0.15, 0.2) is 0 Å². The molecule has 0 bridgehead atoms. The summed E-state index contributed by atoms with van der Waals surface area (Å²) in [5, 5.41) is 13.5. The molecule has 0 aliphatic rings. The van der Waals surface area contributed by atoms with E-state index in [9.17, 15) is 0 Å². The van der Waals surface area contributed by atoms with Crippen LogP contribution in [0.1, 0.15) is 27.8 Å². The molecular formula is C38H34N6. The first kappa shape index (κ1) is 27.3. The van der Waals surface area contributed by atoms with E-state index in [4.69, 9.17) is 10.1 Å². The first-order valence-electron chi connectivity index (χ1n) is 14.9. The lowest BCUT2D eigenvalue weighted by Crippen LogP contribution is -2.38. The topological polar surface area (TPSA) is 60.6 Å². The predicted molar refractivity (Wildman–Crippen MR) is 179 cm³/mol. The highest BCUT2D eigenvalue weighted by molar-refractivity contribution is 5.96. The molecule has 0 amide bonds. The molecule has 4 aromatic carbocycles. The number of fused-ring (bicyclic) bond motifs is 1. The zero-order valence-electron chi connectivity index (χ0n) is 25.4. The maximum Gasteiger partial charge on any atom is 0.138 e. The highest BCUT2D eigenvalue weighted by Crippen LogP contribution is 2.45. The van der Waals surface area contributed by atoms with E-state index < -0.39 is 5.54 Å². The molecule has 7 rings (SSSR count). The van der Waals surface area contributed by atoms with Gasteiger partial charge in [-0.05, 0) is 47.7 Å². The highest BCUT2D eigenvalue weighted by Gasteiger charge is 2.41. The zero-order valence-corrected chi connectivity index (χ0v) is 25.4.